The molecule has 0 radical (unpaired) electrons. The van der Waals surface area contributed by atoms with E-state index in [1.165, 1.54) is 0 Å². The molecule has 1 amide bonds. The lowest BCUT2D eigenvalue weighted by molar-refractivity contribution is -0.119. The molecular formula is C27H26ClN3O4. The van der Waals surface area contributed by atoms with Crippen LogP contribution < -0.4 is 15.8 Å². The number of anilines is 1. The van der Waals surface area contributed by atoms with Crippen LogP contribution in [0.1, 0.15) is 43.7 Å². The van der Waals surface area contributed by atoms with E-state index < -0.39 is 5.92 Å². The van der Waals surface area contributed by atoms with Gasteiger partial charge in [-0.05, 0) is 42.2 Å². The van der Waals surface area contributed by atoms with Crippen LogP contribution in [0.2, 0.25) is 5.02 Å². The van der Waals surface area contributed by atoms with Gasteiger partial charge in [0.15, 0.2) is 12.4 Å². The van der Waals surface area contributed by atoms with Gasteiger partial charge in [0, 0.05) is 24.1 Å². The number of halogens is 1. The van der Waals surface area contributed by atoms with Crippen molar-refractivity contribution in [1.29, 1.82) is 5.26 Å². The Bertz CT molecular complexity index is 1300. The van der Waals surface area contributed by atoms with Gasteiger partial charge in [-0.2, -0.15) is 5.26 Å². The molecule has 7 nitrogen and oxygen atoms in total. The van der Waals surface area contributed by atoms with Gasteiger partial charge < -0.3 is 20.5 Å². The second kappa shape index (κ2) is 9.47. The minimum Gasteiger partial charge on any atom is -0.482 e. The minimum atomic E-state index is -0.677. The second-order valence-electron chi connectivity index (χ2n) is 9.60. The summed E-state index contributed by atoms with van der Waals surface area (Å²) in [5.74, 6) is -0.286. The van der Waals surface area contributed by atoms with Gasteiger partial charge in [0.1, 0.15) is 23.2 Å². The normalized spacial score (nSPS) is 18.9. The molecular weight excluding hydrogens is 466 g/mol. The van der Waals surface area contributed by atoms with E-state index in [2.05, 4.69) is 11.4 Å². The van der Waals surface area contributed by atoms with Crippen molar-refractivity contribution in [3.05, 3.63) is 81.4 Å². The van der Waals surface area contributed by atoms with Gasteiger partial charge in [-0.15, -0.1) is 0 Å². The lowest BCUT2D eigenvalue weighted by Gasteiger charge is -2.37. The van der Waals surface area contributed by atoms with Gasteiger partial charge in [0.2, 0.25) is 5.88 Å². The van der Waals surface area contributed by atoms with Crippen molar-refractivity contribution in [1.82, 2.24) is 0 Å². The smallest absolute Gasteiger partial charge is 0.262 e. The van der Waals surface area contributed by atoms with Gasteiger partial charge in [0.25, 0.3) is 5.91 Å². The Labute approximate surface area is 209 Å². The van der Waals surface area contributed by atoms with Gasteiger partial charge in [-0.25, -0.2) is 0 Å². The molecule has 0 bridgehead atoms. The molecule has 3 N–H and O–H groups in total. The van der Waals surface area contributed by atoms with Crippen molar-refractivity contribution in [3.8, 4) is 11.8 Å². The Balaban J connectivity index is 1.55. The summed E-state index contributed by atoms with van der Waals surface area (Å²) in [6.45, 7) is 5.71. The summed E-state index contributed by atoms with van der Waals surface area (Å²) < 4.78 is 11.3. The molecule has 0 saturated carbocycles. The van der Waals surface area contributed by atoms with Gasteiger partial charge in [-0.1, -0.05) is 49.2 Å². The summed E-state index contributed by atoms with van der Waals surface area (Å²) in [5, 5.41) is 12.8. The number of ether oxygens (including phenoxy) is 2. The predicted molar refractivity (Wildman–Crippen MR) is 132 cm³/mol. The number of hydrogen-bond acceptors (Lipinski definition) is 6. The third kappa shape index (κ3) is 5.18. The first-order valence-corrected chi connectivity index (χ1v) is 11.6. The number of Topliss-reactive ketones (excluding diaryl/α,β-unsaturated/α-hetero) is 1. The van der Waals surface area contributed by atoms with Gasteiger partial charge in [-0.3, -0.25) is 9.59 Å². The number of carbonyl (C=O) groups excluding carboxylic acids is 2. The molecule has 35 heavy (non-hydrogen) atoms. The van der Waals surface area contributed by atoms with Crippen molar-refractivity contribution in [3.63, 3.8) is 0 Å². The molecule has 0 aromatic heterocycles. The average Bonchev–Trinajstić information content (AvgIpc) is 2.78. The van der Waals surface area contributed by atoms with E-state index >= 15 is 0 Å². The number of carbonyl (C=O) groups is 2. The van der Waals surface area contributed by atoms with Crippen LogP contribution in [-0.2, 0) is 14.3 Å². The van der Waals surface area contributed by atoms with Crippen molar-refractivity contribution >= 4 is 29.0 Å². The highest BCUT2D eigenvalue weighted by atomic mass is 35.5. The Morgan fingerprint density at radius 1 is 1.26 bits per heavy atom. The number of ketones is 1. The molecule has 0 fully saturated rings. The molecule has 1 atom stereocenters. The highest BCUT2D eigenvalue weighted by Crippen LogP contribution is 2.48. The highest BCUT2D eigenvalue weighted by Gasteiger charge is 2.43. The molecule has 2 aromatic rings. The Morgan fingerprint density at radius 2 is 1.97 bits per heavy atom. The fourth-order valence-electron chi connectivity index (χ4n) is 4.41. The number of allylic oxidation sites excluding steroid dienone is 3. The first kappa shape index (κ1) is 24.4. The molecule has 1 unspecified atom stereocenters. The van der Waals surface area contributed by atoms with Crippen LogP contribution in [0.3, 0.4) is 0 Å². The van der Waals surface area contributed by atoms with Gasteiger partial charge in [0.05, 0.1) is 10.9 Å². The SMILES string of the molecule is Cc1ccc(NC(=O)COc2ccc(C3C(C#N)=C(N)OC4=C3C(=O)CC(C)(C)C4)cc2Cl)cc1. The van der Waals surface area contributed by atoms with Crippen molar-refractivity contribution in [2.24, 2.45) is 11.1 Å². The molecule has 0 saturated heterocycles. The van der Waals surface area contributed by atoms with Crippen molar-refractivity contribution in [2.75, 3.05) is 11.9 Å². The third-order valence-electron chi connectivity index (χ3n) is 6.06. The number of hydrogen-bond donors (Lipinski definition) is 2. The number of nitrogens with one attached hydrogen (secondary N) is 1. The second-order valence-corrected chi connectivity index (χ2v) is 10.0. The Hall–Kier alpha value is -3.76. The van der Waals surface area contributed by atoms with Crippen LogP contribution in [0.25, 0.3) is 0 Å². The number of nitrogens with two attached hydrogens (primary N) is 1. The van der Waals surface area contributed by atoms with Crippen molar-refractivity contribution < 1.29 is 19.1 Å². The summed E-state index contributed by atoms with van der Waals surface area (Å²) in [5.41, 5.74) is 8.79. The van der Waals surface area contributed by atoms with E-state index in [0.29, 0.717) is 41.2 Å². The summed E-state index contributed by atoms with van der Waals surface area (Å²) in [4.78, 5) is 25.3. The van der Waals surface area contributed by atoms with E-state index in [9.17, 15) is 14.9 Å². The molecule has 8 heteroatoms. The molecule has 1 aliphatic carbocycles. The van der Waals surface area contributed by atoms with Crippen LogP contribution in [0.5, 0.6) is 5.75 Å². The summed E-state index contributed by atoms with van der Waals surface area (Å²) >= 11 is 6.47. The first-order chi connectivity index (χ1) is 16.6. The largest absolute Gasteiger partial charge is 0.482 e. The van der Waals surface area contributed by atoms with Crippen molar-refractivity contribution in [2.45, 2.75) is 39.5 Å². The molecule has 2 aliphatic rings. The van der Waals surface area contributed by atoms with Crippen LogP contribution in [0.4, 0.5) is 5.69 Å². The van der Waals surface area contributed by atoms with E-state index in [1.54, 1.807) is 18.2 Å². The Morgan fingerprint density at radius 3 is 2.63 bits per heavy atom. The topological polar surface area (TPSA) is 114 Å². The molecule has 1 aliphatic heterocycles. The van der Waals surface area contributed by atoms with Crippen LogP contribution in [0, 0.1) is 23.7 Å². The minimum absolute atomic E-state index is 0.00836. The fourth-order valence-corrected chi connectivity index (χ4v) is 4.65. The van der Waals surface area contributed by atoms with E-state index in [4.69, 9.17) is 26.8 Å². The monoisotopic (exact) mass is 491 g/mol. The van der Waals surface area contributed by atoms with E-state index in [1.807, 2.05) is 45.0 Å². The molecule has 180 valence electrons. The highest BCUT2D eigenvalue weighted by molar-refractivity contribution is 6.32. The number of benzene rings is 2. The summed E-state index contributed by atoms with van der Waals surface area (Å²) in [6.07, 6.45) is 0.879. The lowest BCUT2D eigenvalue weighted by atomic mass is 9.70. The molecule has 2 aromatic carbocycles. The molecule has 4 rings (SSSR count). The molecule has 0 spiro atoms. The summed E-state index contributed by atoms with van der Waals surface area (Å²) in [6, 6.07) is 14.5. The fraction of sp³-hybridized carbons (Fsp3) is 0.296. The standard InChI is InChI=1S/C27H26ClN3O4/c1-15-4-7-17(8-5-15)31-23(33)14-34-21-9-6-16(10-19(21)28)24-18(13-29)26(30)35-22-12-27(2,3)11-20(32)25(22)24/h4-10,24H,11-12,14,30H2,1-3H3,(H,31,33). The number of aryl methyl sites for hydroxylation is 1. The maximum Gasteiger partial charge on any atom is 0.262 e. The first-order valence-electron chi connectivity index (χ1n) is 11.2. The lowest BCUT2D eigenvalue weighted by Crippen LogP contribution is -2.33. The number of rotatable bonds is 5. The van der Waals surface area contributed by atoms with Gasteiger partial charge >= 0.3 is 0 Å². The summed E-state index contributed by atoms with van der Waals surface area (Å²) in [7, 11) is 0. The zero-order valence-corrected chi connectivity index (χ0v) is 20.5. The van der Waals surface area contributed by atoms with E-state index in [0.717, 1.165) is 5.56 Å². The maximum absolute atomic E-state index is 13.1. The Kier molecular flexibility index (Phi) is 6.60. The van der Waals surface area contributed by atoms with E-state index in [-0.39, 0.29) is 40.2 Å². The zero-order chi connectivity index (χ0) is 25.3. The van der Waals surface area contributed by atoms with Crippen LogP contribution in [0.15, 0.2) is 65.3 Å². The number of nitriles is 1. The zero-order valence-electron chi connectivity index (χ0n) is 19.8. The number of amides is 1. The molecule has 1 heterocycles. The van der Waals surface area contributed by atoms with Crippen LogP contribution >= 0.6 is 11.6 Å². The average molecular weight is 492 g/mol. The maximum atomic E-state index is 13.1. The quantitative estimate of drug-likeness (QED) is 0.600. The third-order valence-corrected chi connectivity index (χ3v) is 6.35. The predicted octanol–water partition coefficient (Wildman–Crippen LogP) is 5.12. The number of nitrogens with zero attached hydrogens (tertiary/aromatic N) is 1. The van der Waals surface area contributed by atoms with Crippen LogP contribution in [-0.4, -0.2) is 18.3 Å².